The monoisotopic (exact) mass is 421 g/mol. The van der Waals surface area contributed by atoms with Crippen molar-refractivity contribution in [1.29, 1.82) is 0 Å². The third kappa shape index (κ3) is 3.57. The Balaban J connectivity index is 2.03. The van der Waals surface area contributed by atoms with Gasteiger partial charge in [0.25, 0.3) is 5.91 Å². The third-order valence-corrected chi connectivity index (χ3v) is 5.36. The number of pyridine rings is 1. The van der Waals surface area contributed by atoms with Gasteiger partial charge in [0.15, 0.2) is 5.65 Å². The molecule has 0 atom stereocenters. The minimum Gasteiger partial charge on any atom is -0.345 e. The number of hydrogen-bond donors (Lipinski definition) is 0. The molecule has 0 unspecified atom stereocenters. The number of hydrogen-bond acceptors (Lipinski definition) is 2. The molecule has 0 spiro atoms. The number of nitrogens with zero attached hydrogens (tertiary/aromatic N) is 3. The molecule has 0 N–H and O–H groups in total. The Morgan fingerprint density at radius 1 is 1.07 bits per heavy atom. The number of benzene rings is 2. The number of carbonyl (C=O) groups excluding carboxylic acids is 1. The van der Waals surface area contributed by atoms with E-state index in [0.717, 1.165) is 23.2 Å². The van der Waals surface area contributed by atoms with Gasteiger partial charge in [-0.2, -0.15) is 0 Å². The molecule has 0 bridgehead atoms. The fraction of sp³-hybridized carbons (Fsp3) is 0.167. The molecule has 0 saturated heterocycles. The van der Waals surface area contributed by atoms with Gasteiger partial charge in [-0.1, -0.05) is 42.8 Å². The highest BCUT2D eigenvalue weighted by atomic mass is 35.5. The summed E-state index contributed by atoms with van der Waals surface area (Å²) in [6.45, 7) is 2.10. The molecule has 0 radical (unpaired) electrons. The summed E-state index contributed by atoms with van der Waals surface area (Å²) in [4.78, 5) is 18.8. The molecule has 6 heteroatoms. The highest BCUT2D eigenvalue weighted by Crippen LogP contribution is 2.35. The molecule has 4 aromatic rings. The molecule has 0 aliphatic heterocycles. The van der Waals surface area contributed by atoms with Crippen molar-refractivity contribution in [2.75, 3.05) is 14.1 Å². The second-order valence-electron chi connectivity index (χ2n) is 7.34. The molecule has 0 aliphatic rings. The molecule has 4 rings (SSSR count). The molecule has 2 aromatic heterocycles. The van der Waals surface area contributed by atoms with Crippen LogP contribution in [0.15, 0.2) is 60.8 Å². The first-order valence-corrected chi connectivity index (χ1v) is 10.1. The summed E-state index contributed by atoms with van der Waals surface area (Å²) in [6.07, 6.45) is 2.69. The summed E-state index contributed by atoms with van der Waals surface area (Å²) >= 11 is 6.53. The van der Waals surface area contributed by atoms with Crippen molar-refractivity contribution in [3.8, 4) is 22.5 Å². The lowest BCUT2D eigenvalue weighted by Crippen LogP contribution is -2.22. The van der Waals surface area contributed by atoms with Crippen LogP contribution in [0.3, 0.4) is 0 Å². The lowest BCUT2D eigenvalue weighted by atomic mass is 10.0. The van der Waals surface area contributed by atoms with E-state index in [1.54, 1.807) is 38.5 Å². The Labute approximate surface area is 179 Å². The van der Waals surface area contributed by atoms with Crippen molar-refractivity contribution >= 4 is 23.2 Å². The van der Waals surface area contributed by atoms with Crippen LogP contribution in [0.1, 0.15) is 22.8 Å². The summed E-state index contributed by atoms with van der Waals surface area (Å²) in [5, 5.41) is 0.377. The zero-order valence-corrected chi connectivity index (χ0v) is 17.7. The van der Waals surface area contributed by atoms with Gasteiger partial charge in [0.05, 0.1) is 22.0 Å². The lowest BCUT2D eigenvalue weighted by Gasteiger charge is -2.12. The molecule has 0 fully saturated rings. The Kier molecular flexibility index (Phi) is 5.31. The van der Waals surface area contributed by atoms with Crippen LogP contribution >= 0.6 is 11.6 Å². The van der Waals surface area contributed by atoms with Crippen molar-refractivity contribution < 1.29 is 9.18 Å². The van der Waals surface area contributed by atoms with Crippen LogP contribution in [0.25, 0.3) is 28.2 Å². The van der Waals surface area contributed by atoms with Gasteiger partial charge in [-0.05, 0) is 42.3 Å². The fourth-order valence-electron chi connectivity index (χ4n) is 3.46. The number of rotatable bonds is 4. The van der Waals surface area contributed by atoms with E-state index in [-0.39, 0.29) is 11.7 Å². The van der Waals surface area contributed by atoms with E-state index in [0.29, 0.717) is 21.9 Å². The van der Waals surface area contributed by atoms with E-state index in [9.17, 15) is 9.18 Å². The van der Waals surface area contributed by atoms with Crippen LogP contribution in [0, 0.1) is 5.82 Å². The first-order valence-electron chi connectivity index (χ1n) is 9.67. The first-order chi connectivity index (χ1) is 14.4. The van der Waals surface area contributed by atoms with Gasteiger partial charge < -0.3 is 4.90 Å². The molecule has 2 heterocycles. The van der Waals surface area contributed by atoms with E-state index < -0.39 is 0 Å². The summed E-state index contributed by atoms with van der Waals surface area (Å²) in [5.41, 5.74) is 5.41. The summed E-state index contributed by atoms with van der Waals surface area (Å²) in [7, 11) is 3.39. The Bertz CT molecular complexity index is 1230. The molecule has 0 saturated carbocycles. The predicted octanol–water partition coefficient (Wildman–Crippen LogP) is 5.73. The van der Waals surface area contributed by atoms with Crippen molar-refractivity contribution in [3.63, 3.8) is 0 Å². The maximum absolute atomic E-state index is 13.5. The van der Waals surface area contributed by atoms with Gasteiger partial charge in [-0.15, -0.1) is 0 Å². The number of halogens is 2. The number of carbonyl (C=O) groups is 1. The lowest BCUT2D eigenvalue weighted by molar-refractivity contribution is 0.0827. The van der Waals surface area contributed by atoms with E-state index in [1.807, 2.05) is 16.5 Å². The van der Waals surface area contributed by atoms with Gasteiger partial charge in [0.1, 0.15) is 5.82 Å². The number of aromatic nitrogens is 2. The van der Waals surface area contributed by atoms with Crippen molar-refractivity contribution in [2.24, 2.45) is 0 Å². The van der Waals surface area contributed by atoms with Gasteiger partial charge in [0, 0.05) is 31.4 Å². The summed E-state index contributed by atoms with van der Waals surface area (Å²) in [6, 6.07) is 16.0. The SMILES string of the molecule is CCc1ccc(-c2c(-c3ccc(F)cc3)nc3c(Cl)cc(C(=O)N(C)C)cn23)cc1. The van der Waals surface area contributed by atoms with Crippen LogP contribution in [0.4, 0.5) is 4.39 Å². The minimum atomic E-state index is -0.312. The zero-order valence-electron chi connectivity index (χ0n) is 17.0. The van der Waals surface area contributed by atoms with Gasteiger partial charge in [-0.3, -0.25) is 9.20 Å². The first kappa shape index (κ1) is 20.1. The smallest absolute Gasteiger partial charge is 0.254 e. The maximum Gasteiger partial charge on any atom is 0.254 e. The van der Waals surface area contributed by atoms with E-state index >= 15 is 0 Å². The highest BCUT2D eigenvalue weighted by Gasteiger charge is 2.20. The van der Waals surface area contributed by atoms with Crippen LogP contribution < -0.4 is 0 Å². The molecule has 4 nitrogen and oxygen atoms in total. The van der Waals surface area contributed by atoms with E-state index in [1.165, 1.54) is 22.6 Å². The Morgan fingerprint density at radius 2 is 1.70 bits per heavy atom. The fourth-order valence-corrected chi connectivity index (χ4v) is 3.71. The second-order valence-corrected chi connectivity index (χ2v) is 7.74. The number of fused-ring (bicyclic) bond motifs is 1. The average molecular weight is 422 g/mol. The molecule has 1 amide bonds. The van der Waals surface area contributed by atoms with Gasteiger partial charge >= 0.3 is 0 Å². The van der Waals surface area contributed by atoms with Crippen LogP contribution in [-0.2, 0) is 6.42 Å². The van der Waals surface area contributed by atoms with Crippen LogP contribution in [0.2, 0.25) is 5.02 Å². The van der Waals surface area contributed by atoms with Gasteiger partial charge in [-0.25, -0.2) is 9.37 Å². The molecule has 152 valence electrons. The predicted molar refractivity (Wildman–Crippen MR) is 118 cm³/mol. The molecule has 0 aliphatic carbocycles. The van der Waals surface area contributed by atoms with Crippen LogP contribution in [-0.4, -0.2) is 34.3 Å². The largest absolute Gasteiger partial charge is 0.345 e. The Morgan fingerprint density at radius 3 is 2.30 bits per heavy atom. The third-order valence-electron chi connectivity index (χ3n) is 5.08. The summed E-state index contributed by atoms with van der Waals surface area (Å²) in [5.74, 6) is -0.462. The van der Waals surface area contributed by atoms with Crippen molar-refractivity contribution in [3.05, 3.63) is 82.8 Å². The standard InChI is InChI=1S/C24H21ClFN3O/c1-4-15-5-7-17(8-6-15)22-21(16-9-11-19(26)12-10-16)27-23-20(25)13-18(14-29(22)23)24(30)28(2)3/h5-14H,4H2,1-3H3. The topological polar surface area (TPSA) is 37.6 Å². The normalized spacial score (nSPS) is 11.1. The second kappa shape index (κ2) is 7.92. The Hall–Kier alpha value is -3.18. The van der Waals surface area contributed by atoms with Crippen LogP contribution in [0.5, 0.6) is 0 Å². The van der Waals surface area contributed by atoms with Crippen molar-refractivity contribution in [2.45, 2.75) is 13.3 Å². The molecule has 2 aromatic carbocycles. The maximum atomic E-state index is 13.5. The number of imidazole rings is 1. The average Bonchev–Trinajstić information content (AvgIpc) is 3.13. The molecular formula is C24H21ClFN3O. The quantitative estimate of drug-likeness (QED) is 0.422. The summed E-state index contributed by atoms with van der Waals surface area (Å²) < 4.78 is 15.4. The molecular weight excluding hydrogens is 401 g/mol. The highest BCUT2D eigenvalue weighted by molar-refractivity contribution is 6.34. The molecule has 30 heavy (non-hydrogen) atoms. The minimum absolute atomic E-state index is 0.150. The van der Waals surface area contributed by atoms with Gasteiger partial charge in [0.2, 0.25) is 0 Å². The van der Waals surface area contributed by atoms with E-state index in [4.69, 9.17) is 16.6 Å². The number of amides is 1. The van der Waals surface area contributed by atoms with Crippen molar-refractivity contribution in [1.82, 2.24) is 14.3 Å². The number of aryl methyl sites for hydroxylation is 1. The zero-order chi connectivity index (χ0) is 21.4. The van der Waals surface area contributed by atoms with E-state index in [2.05, 4.69) is 19.1 Å².